The number of hydrogen-bond acceptors (Lipinski definition) is 7. The molecule has 0 aliphatic carbocycles. The van der Waals surface area contributed by atoms with Crippen molar-refractivity contribution in [3.05, 3.63) is 45.8 Å². The number of carbonyl (C=O) groups excluding carboxylic acids is 1. The van der Waals surface area contributed by atoms with Crippen LogP contribution < -0.4 is 10.5 Å². The highest BCUT2D eigenvalue weighted by molar-refractivity contribution is 7.18. The molecule has 0 radical (unpaired) electrons. The third-order valence-corrected chi connectivity index (χ3v) is 4.03. The lowest BCUT2D eigenvalue weighted by atomic mass is 10.1. The van der Waals surface area contributed by atoms with Gasteiger partial charge in [0.2, 0.25) is 0 Å². The summed E-state index contributed by atoms with van der Waals surface area (Å²) in [5, 5.41) is 18.5. The number of benzene rings is 1. The lowest BCUT2D eigenvalue weighted by molar-refractivity contribution is 0.0529. The van der Waals surface area contributed by atoms with Crippen molar-refractivity contribution in [1.29, 1.82) is 10.5 Å². The van der Waals surface area contributed by atoms with Gasteiger partial charge in [-0.3, -0.25) is 0 Å². The van der Waals surface area contributed by atoms with Crippen LogP contribution in [0.1, 0.15) is 33.3 Å². The van der Waals surface area contributed by atoms with Crippen LogP contribution in [0.3, 0.4) is 0 Å². The first-order valence-electron chi connectivity index (χ1n) is 6.72. The van der Waals surface area contributed by atoms with Crippen molar-refractivity contribution >= 4 is 22.3 Å². The van der Waals surface area contributed by atoms with Gasteiger partial charge in [-0.15, -0.1) is 11.3 Å². The number of thiophene rings is 1. The molecule has 0 fully saturated rings. The number of rotatable bonds is 5. The minimum absolute atomic E-state index is 0.0521. The van der Waals surface area contributed by atoms with E-state index in [4.69, 9.17) is 20.5 Å². The monoisotopic (exact) mass is 327 g/mol. The quantitative estimate of drug-likeness (QED) is 0.846. The molecule has 2 N–H and O–H groups in total. The van der Waals surface area contributed by atoms with Crippen molar-refractivity contribution in [3.8, 4) is 17.9 Å². The number of nitrogens with two attached hydrogens (primary N) is 1. The van der Waals surface area contributed by atoms with Gasteiger partial charge in [0.25, 0.3) is 0 Å². The van der Waals surface area contributed by atoms with Gasteiger partial charge in [-0.1, -0.05) is 12.1 Å². The number of nitrogens with zero attached hydrogens (tertiary/aromatic N) is 2. The maximum Gasteiger partial charge on any atom is 0.348 e. The van der Waals surface area contributed by atoms with Crippen molar-refractivity contribution in [2.24, 2.45) is 0 Å². The molecule has 0 atom stereocenters. The van der Waals surface area contributed by atoms with Crippen molar-refractivity contribution in [2.75, 3.05) is 12.3 Å². The van der Waals surface area contributed by atoms with Crippen molar-refractivity contribution in [2.45, 2.75) is 13.5 Å². The Morgan fingerprint density at radius 1 is 1.30 bits per heavy atom. The smallest absolute Gasteiger partial charge is 0.348 e. The van der Waals surface area contributed by atoms with Gasteiger partial charge in [0.15, 0.2) is 0 Å². The lowest BCUT2D eigenvalue weighted by Crippen LogP contribution is -2.08. The maximum absolute atomic E-state index is 12.0. The van der Waals surface area contributed by atoms with E-state index in [0.717, 1.165) is 11.3 Å². The molecule has 2 rings (SSSR count). The van der Waals surface area contributed by atoms with Crippen LogP contribution in [-0.2, 0) is 11.3 Å². The van der Waals surface area contributed by atoms with Crippen LogP contribution in [0.25, 0.3) is 0 Å². The highest BCUT2D eigenvalue weighted by atomic mass is 32.1. The maximum atomic E-state index is 12.0. The van der Waals surface area contributed by atoms with Gasteiger partial charge in [-0.2, -0.15) is 10.5 Å². The van der Waals surface area contributed by atoms with E-state index in [2.05, 4.69) is 0 Å². The summed E-state index contributed by atoms with van der Waals surface area (Å²) in [5.74, 6) is -0.170. The van der Waals surface area contributed by atoms with E-state index in [1.165, 1.54) is 0 Å². The van der Waals surface area contributed by atoms with Gasteiger partial charge in [-0.25, -0.2) is 4.79 Å². The third kappa shape index (κ3) is 3.42. The Morgan fingerprint density at radius 2 is 2.04 bits per heavy atom. The Bertz CT molecular complexity index is 815. The Morgan fingerprint density at radius 3 is 2.70 bits per heavy atom. The molecule has 1 aromatic carbocycles. The largest absolute Gasteiger partial charge is 0.487 e. The van der Waals surface area contributed by atoms with Crippen LogP contribution in [-0.4, -0.2) is 12.6 Å². The predicted molar refractivity (Wildman–Crippen MR) is 84.9 cm³/mol. The molecule has 0 aliphatic rings. The summed E-state index contributed by atoms with van der Waals surface area (Å²) >= 11 is 0.994. The van der Waals surface area contributed by atoms with Crippen molar-refractivity contribution in [3.63, 3.8) is 0 Å². The molecule has 0 bridgehead atoms. The van der Waals surface area contributed by atoms with Crippen LogP contribution in [0.5, 0.6) is 5.75 Å². The predicted octanol–water partition coefficient (Wildman–Crippen LogP) is 2.83. The summed E-state index contributed by atoms with van der Waals surface area (Å²) in [6.45, 7) is 1.86. The fourth-order valence-electron chi connectivity index (χ4n) is 1.94. The molecule has 7 heteroatoms. The Kier molecular flexibility index (Phi) is 5.19. The Labute approximate surface area is 137 Å². The normalized spacial score (nSPS) is 9.70. The first-order valence-corrected chi connectivity index (χ1v) is 7.54. The summed E-state index contributed by atoms with van der Waals surface area (Å²) in [6.07, 6.45) is 0. The fourth-order valence-corrected chi connectivity index (χ4v) is 2.86. The summed E-state index contributed by atoms with van der Waals surface area (Å²) in [5.41, 5.74) is 6.74. The molecule has 6 nitrogen and oxygen atoms in total. The number of carbonyl (C=O) groups is 1. The molecule has 116 valence electrons. The molecule has 0 saturated heterocycles. The van der Waals surface area contributed by atoms with Gasteiger partial charge in [-0.05, 0) is 19.1 Å². The molecule has 0 aliphatic heterocycles. The van der Waals surface area contributed by atoms with Gasteiger partial charge >= 0.3 is 5.97 Å². The number of anilines is 1. The third-order valence-electron chi connectivity index (χ3n) is 2.99. The van der Waals surface area contributed by atoms with Gasteiger partial charge in [0, 0.05) is 5.56 Å². The molecule has 0 unspecified atom stereocenters. The molecule has 1 heterocycles. The molecule has 2 aromatic rings. The van der Waals surface area contributed by atoms with Crippen molar-refractivity contribution < 1.29 is 14.3 Å². The number of esters is 1. The minimum Gasteiger partial charge on any atom is -0.487 e. The van der Waals surface area contributed by atoms with Crippen LogP contribution in [0.4, 0.5) is 5.00 Å². The van der Waals surface area contributed by atoms with Crippen LogP contribution >= 0.6 is 11.3 Å². The molecule has 1 aromatic heterocycles. The van der Waals surface area contributed by atoms with Gasteiger partial charge < -0.3 is 15.2 Å². The van der Waals surface area contributed by atoms with E-state index in [1.54, 1.807) is 31.2 Å². The Hall–Kier alpha value is -3.03. The molecular weight excluding hydrogens is 314 g/mol. The van der Waals surface area contributed by atoms with E-state index >= 15 is 0 Å². The SMILES string of the molecule is CCOC(=O)c1sc(N)c(C#N)c1COc1ccccc1C#N. The number of hydrogen-bond donors (Lipinski definition) is 1. The van der Waals surface area contributed by atoms with E-state index in [-0.39, 0.29) is 28.7 Å². The fraction of sp³-hybridized carbons (Fsp3) is 0.188. The number of para-hydroxylation sites is 1. The van der Waals surface area contributed by atoms with E-state index in [0.29, 0.717) is 16.9 Å². The second-order valence-corrected chi connectivity index (χ2v) is 5.43. The molecular formula is C16H13N3O3S. The topological polar surface area (TPSA) is 109 Å². The highest BCUT2D eigenvalue weighted by Crippen LogP contribution is 2.32. The highest BCUT2D eigenvalue weighted by Gasteiger charge is 2.23. The van der Waals surface area contributed by atoms with Crippen LogP contribution in [0.15, 0.2) is 24.3 Å². The zero-order chi connectivity index (χ0) is 16.8. The van der Waals surface area contributed by atoms with Crippen LogP contribution in [0, 0.1) is 22.7 Å². The van der Waals surface area contributed by atoms with E-state index < -0.39 is 5.97 Å². The second-order valence-electron chi connectivity index (χ2n) is 4.38. The van der Waals surface area contributed by atoms with E-state index in [9.17, 15) is 10.1 Å². The standard InChI is InChI=1S/C16H13N3O3S/c1-2-21-16(20)14-12(11(8-18)15(19)23-14)9-22-13-6-4-3-5-10(13)7-17/h3-6H,2,9,19H2,1H3. The summed E-state index contributed by atoms with van der Waals surface area (Å²) < 4.78 is 10.6. The van der Waals surface area contributed by atoms with Gasteiger partial charge in [0.05, 0.1) is 17.7 Å². The zero-order valence-corrected chi connectivity index (χ0v) is 13.1. The number of ether oxygens (including phenoxy) is 2. The summed E-state index contributed by atoms with van der Waals surface area (Å²) in [4.78, 5) is 12.2. The second kappa shape index (κ2) is 7.30. The summed E-state index contributed by atoms with van der Waals surface area (Å²) in [7, 11) is 0. The van der Waals surface area contributed by atoms with Crippen LogP contribution in [0.2, 0.25) is 0 Å². The average molecular weight is 327 g/mol. The minimum atomic E-state index is -0.544. The number of nitriles is 2. The van der Waals surface area contributed by atoms with E-state index in [1.807, 2.05) is 12.1 Å². The van der Waals surface area contributed by atoms with Gasteiger partial charge in [0.1, 0.15) is 34.4 Å². The number of nitrogen functional groups attached to an aromatic ring is 1. The molecule has 23 heavy (non-hydrogen) atoms. The Balaban J connectivity index is 2.34. The first kappa shape index (κ1) is 16.3. The molecule has 0 amide bonds. The lowest BCUT2D eigenvalue weighted by Gasteiger charge is -2.08. The summed E-state index contributed by atoms with van der Waals surface area (Å²) in [6, 6.07) is 10.7. The first-order chi connectivity index (χ1) is 11.1. The zero-order valence-electron chi connectivity index (χ0n) is 12.3. The average Bonchev–Trinajstić information content (AvgIpc) is 2.89. The molecule has 0 spiro atoms. The molecule has 0 saturated carbocycles. The van der Waals surface area contributed by atoms with Crippen molar-refractivity contribution in [1.82, 2.24) is 0 Å².